The number of hydrogen-bond acceptors (Lipinski definition) is 6. The smallest absolute Gasteiger partial charge is 0.247 e. The van der Waals surface area contributed by atoms with Crippen LogP contribution in [0.25, 0.3) is 11.5 Å². The SMILES string of the molecule is Cc1cc(C)c(S(=O)(=O)N2CCN(C(C)c3nnc(-c4ccccc4)o3)CC2)c(C)c1. The summed E-state index contributed by atoms with van der Waals surface area (Å²) in [6.07, 6.45) is 0. The van der Waals surface area contributed by atoms with Gasteiger partial charge in [0.05, 0.1) is 10.9 Å². The summed E-state index contributed by atoms with van der Waals surface area (Å²) in [5, 5.41) is 8.40. The fourth-order valence-electron chi connectivity index (χ4n) is 4.29. The first-order valence-corrected chi connectivity index (χ1v) is 11.9. The maximum absolute atomic E-state index is 13.3. The lowest BCUT2D eigenvalue weighted by Gasteiger charge is -2.36. The molecule has 1 aromatic heterocycles. The molecular weight excluding hydrogens is 412 g/mol. The predicted octanol–water partition coefficient (Wildman–Crippen LogP) is 3.73. The maximum Gasteiger partial charge on any atom is 0.247 e. The monoisotopic (exact) mass is 440 g/mol. The molecule has 1 fully saturated rings. The summed E-state index contributed by atoms with van der Waals surface area (Å²) in [4.78, 5) is 2.62. The molecule has 8 heteroatoms. The summed E-state index contributed by atoms with van der Waals surface area (Å²) < 4.78 is 34.1. The average Bonchev–Trinajstić information content (AvgIpc) is 3.23. The molecule has 164 valence electrons. The van der Waals surface area contributed by atoms with Crippen LogP contribution < -0.4 is 0 Å². The van der Waals surface area contributed by atoms with Crippen LogP contribution in [-0.4, -0.2) is 54.0 Å². The average molecular weight is 441 g/mol. The van der Waals surface area contributed by atoms with E-state index in [1.807, 2.05) is 70.2 Å². The zero-order valence-electron chi connectivity index (χ0n) is 18.4. The van der Waals surface area contributed by atoms with Crippen LogP contribution in [0.2, 0.25) is 0 Å². The third kappa shape index (κ3) is 4.28. The van der Waals surface area contributed by atoms with Crippen LogP contribution in [0.3, 0.4) is 0 Å². The van der Waals surface area contributed by atoms with Gasteiger partial charge in [0, 0.05) is 31.7 Å². The number of aryl methyl sites for hydroxylation is 3. The summed E-state index contributed by atoms with van der Waals surface area (Å²) in [6.45, 7) is 9.80. The highest BCUT2D eigenvalue weighted by atomic mass is 32.2. The first-order chi connectivity index (χ1) is 14.8. The summed E-state index contributed by atoms with van der Waals surface area (Å²) in [5.41, 5.74) is 3.55. The van der Waals surface area contributed by atoms with Gasteiger partial charge >= 0.3 is 0 Å². The molecule has 2 heterocycles. The van der Waals surface area contributed by atoms with Crippen LogP contribution in [0.15, 0.2) is 51.8 Å². The molecule has 0 N–H and O–H groups in total. The van der Waals surface area contributed by atoms with Crippen molar-refractivity contribution in [3.8, 4) is 11.5 Å². The molecule has 7 nitrogen and oxygen atoms in total. The Morgan fingerprint density at radius 3 is 2.16 bits per heavy atom. The lowest BCUT2D eigenvalue weighted by molar-refractivity contribution is 0.129. The number of sulfonamides is 1. The lowest BCUT2D eigenvalue weighted by atomic mass is 10.1. The molecular formula is C23H28N4O3S. The van der Waals surface area contributed by atoms with Crippen molar-refractivity contribution in [2.45, 2.75) is 38.6 Å². The van der Waals surface area contributed by atoms with E-state index in [4.69, 9.17) is 4.42 Å². The van der Waals surface area contributed by atoms with Crippen LogP contribution in [0, 0.1) is 20.8 Å². The largest absolute Gasteiger partial charge is 0.419 e. The fourth-order valence-corrected chi connectivity index (χ4v) is 6.12. The van der Waals surface area contributed by atoms with Gasteiger partial charge in [-0.15, -0.1) is 10.2 Å². The number of nitrogens with zero attached hydrogens (tertiary/aromatic N) is 4. The van der Waals surface area contributed by atoms with Crippen LogP contribution in [0.5, 0.6) is 0 Å². The molecule has 0 spiro atoms. The zero-order valence-corrected chi connectivity index (χ0v) is 19.2. The van der Waals surface area contributed by atoms with Crippen molar-refractivity contribution < 1.29 is 12.8 Å². The Morgan fingerprint density at radius 2 is 1.55 bits per heavy atom. The molecule has 0 amide bonds. The molecule has 1 atom stereocenters. The van der Waals surface area contributed by atoms with E-state index in [1.165, 1.54) is 0 Å². The number of piperazine rings is 1. The number of hydrogen-bond donors (Lipinski definition) is 0. The maximum atomic E-state index is 13.3. The van der Waals surface area contributed by atoms with Crippen LogP contribution in [0.4, 0.5) is 0 Å². The molecule has 1 unspecified atom stereocenters. The molecule has 1 saturated heterocycles. The van der Waals surface area contributed by atoms with Crippen LogP contribution in [0.1, 0.15) is 35.5 Å². The normalized spacial score (nSPS) is 17.0. The Kier molecular flexibility index (Phi) is 5.96. The first kappa shape index (κ1) is 21.7. The van der Waals surface area contributed by atoms with Gasteiger partial charge < -0.3 is 4.42 Å². The zero-order chi connectivity index (χ0) is 22.2. The Balaban J connectivity index is 1.46. The van der Waals surface area contributed by atoms with Crippen LogP contribution >= 0.6 is 0 Å². The molecule has 0 aliphatic carbocycles. The van der Waals surface area contributed by atoms with Crippen LogP contribution in [-0.2, 0) is 10.0 Å². The Bertz CT molecular complexity index is 1140. The Hall–Kier alpha value is -2.55. The quantitative estimate of drug-likeness (QED) is 0.601. The lowest BCUT2D eigenvalue weighted by Crippen LogP contribution is -2.49. The molecule has 0 bridgehead atoms. The van der Waals surface area contributed by atoms with E-state index in [-0.39, 0.29) is 6.04 Å². The fraction of sp³-hybridized carbons (Fsp3) is 0.391. The van der Waals surface area contributed by atoms with E-state index in [0.29, 0.717) is 42.9 Å². The van der Waals surface area contributed by atoms with Crippen molar-refractivity contribution in [1.29, 1.82) is 0 Å². The van der Waals surface area contributed by atoms with Gasteiger partial charge in [0.25, 0.3) is 0 Å². The van der Waals surface area contributed by atoms with E-state index >= 15 is 0 Å². The Morgan fingerprint density at radius 1 is 0.935 bits per heavy atom. The highest BCUT2D eigenvalue weighted by Gasteiger charge is 2.33. The van der Waals surface area contributed by atoms with E-state index in [2.05, 4.69) is 15.1 Å². The van der Waals surface area contributed by atoms with Gasteiger partial charge in [-0.2, -0.15) is 4.31 Å². The summed E-state index contributed by atoms with van der Waals surface area (Å²) in [7, 11) is -3.53. The van der Waals surface area contributed by atoms with E-state index in [9.17, 15) is 8.42 Å². The van der Waals surface area contributed by atoms with Gasteiger partial charge in [-0.05, 0) is 51.0 Å². The summed E-state index contributed by atoms with van der Waals surface area (Å²) in [5.74, 6) is 1.04. The van der Waals surface area contributed by atoms with E-state index in [1.54, 1.807) is 4.31 Å². The van der Waals surface area contributed by atoms with Crippen molar-refractivity contribution >= 4 is 10.0 Å². The number of rotatable bonds is 5. The molecule has 3 aromatic rings. The topological polar surface area (TPSA) is 79.5 Å². The summed E-state index contributed by atoms with van der Waals surface area (Å²) in [6, 6.07) is 13.4. The van der Waals surface area contributed by atoms with Crippen molar-refractivity contribution in [2.24, 2.45) is 0 Å². The van der Waals surface area contributed by atoms with Gasteiger partial charge in [-0.25, -0.2) is 8.42 Å². The number of aromatic nitrogens is 2. The molecule has 1 aliphatic heterocycles. The van der Waals surface area contributed by atoms with Crippen molar-refractivity contribution in [3.05, 3.63) is 65.0 Å². The minimum atomic E-state index is -3.53. The standard InChI is InChI=1S/C23H28N4O3S/c1-16-14-17(2)21(18(3)15-16)31(28,29)27-12-10-26(11-13-27)19(4)22-24-25-23(30-22)20-8-6-5-7-9-20/h5-9,14-15,19H,10-13H2,1-4H3. The second-order valence-corrected chi connectivity index (χ2v) is 10.0. The highest BCUT2D eigenvalue weighted by Crippen LogP contribution is 2.28. The van der Waals surface area contributed by atoms with Gasteiger partial charge in [0.1, 0.15) is 0 Å². The van der Waals surface area contributed by atoms with Crippen molar-refractivity contribution in [2.75, 3.05) is 26.2 Å². The molecule has 0 radical (unpaired) electrons. The van der Waals surface area contributed by atoms with Gasteiger partial charge in [-0.1, -0.05) is 35.9 Å². The minimum absolute atomic E-state index is 0.0855. The molecule has 4 rings (SSSR count). The third-order valence-electron chi connectivity index (χ3n) is 5.84. The van der Waals surface area contributed by atoms with Gasteiger partial charge in [0.2, 0.25) is 21.8 Å². The van der Waals surface area contributed by atoms with E-state index in [0.717, 1.165) is 22.3 Å². The summed E-state index contributed by atoms with van der Waals surface area (Å²) >= 11 is 0. The molecule has 2 aromatic carbocycles. The minimum Gasteiger partial charge on any atom is -0.419 e. The molecule has 31 heavy (non-hydrogen) atoms. The highest BCUT2D eigenvalue weighted by molar-refractivity contribution is 7.89. The molecule has 1 aliphatic rings. The first-order valence-electron chi connectivity index (χ1n) is 10.5. The van der Waals surface area contributed by atoms with Gasteiger partial charge in [0.15, 0.2) is 0 Å². The molecule has 0 saturated carbocycles. The van der Waals surface area contributed by atoms with Crippen molar-refractivity contribution in [1.82, 2.24) is 19.4 Å². The second-order valence-electron chi connectivity index (χ2n) is 8.16. The Labute approximate surface area is 183 Å². The van der Waals surface area contributed by atoms with Gasteiger partial charge in [-0.3, -0.25) is 4.90 Å². The second kappa shape index (κ2) is 8.53. The number of benzene rings is 2. The predicted molar refractivity (Wildman–Crippen MR) is 119 cm³/mol. The third-order valence-corrected chi connectivity index (χ3v) is 8.05. The van der Waals surface area contributed by atoms with E-state index < -0.39 is 10.0 Å². The van der Waals surface area contributed by atoms with Crippen molar-refractivity contribution in [3.63, 3.8) is 0 Å².